The highest BCUT2D eigenvalue weighted by Crippen LogP contribution is 2.24. The average Bonchev–Trinajstić information content (AvgIpc) is 2.29. The summed E-state index contributed by atoms with van der Waals surface area (Å²) in [6, 6.07) is 6.41. The normalized spacial score (nSPS) is 21.0. The van der Waals surface area contributed by atoms with E-state index in [1.807, 2.05) is 25.1 Å². The second kappa shape index (κ2) is 3.45. The molecule has 2 nitrogen and oxygen atoms in total. The third kappa shape index (κ3) is 1.65. The van der Waals surface area contributed by atoms with E-state index in [-0.39, 0.29) is 5.78 Å². The number of benzene rings is 1. The fourth-order valence-electron chi connectivity index (χ4n) is 1.83. The molecule has 1 aliphatic rings. The Morgan fingerprint density at radius 1 is 1.43 bits per heavy atom. The fraction of sp³-hybridized carbons (Fsp3) is 0.417. The summed E-state index contributed by atoms with van der Waals surface area (Å²) in [5.74, 6) is 0.264. The molecule has 14 heavy (non-hydrogen) atoms. The van der Waals surface area contributed by atoms with Crippen LogP contribution in [0.3, 0.4) is 0 Å². The number of carbonyl (C=O) groups is 1. The van der Waals surface area contributed by atoms with E-state index in [1.54, 1.807) is 0 Å². The Kier molecular flexibility index (Phi) is 2.28. The van der Waals surface area contributed by atoms with Crippen LogP contribution in [-0.4, -0.2) is 11.8 Å². The van der Waals surface area contributed by atoms with Gasteiger partial charge in [0.1, 0.15) is 0 Å². The van der Waals surface area contributed by atoms with Crippen LogP contribution < -0.4 is 5.32 Å². The van der Waals surface area contributed by atoms with Crippen molar-refractivity contribution in [3.05, 3.63) is 29.3 Å². The minimum Gasteiger partial charge on any atom is -0.382 e. The highest BCUT2D eigenvalue weighted by Gasteiger charge is 2.18. The number of anilines is 1. The molecule has 74 valence electrons. The molecule has 2 heteroatoms. The number of aryl methyl sites for hydroxylation is 1. The molecule has 0 bridgehead atoms. The van der Waals surface area contributed by atoms with E-state index < -0.39 is 0 Å². The number of carbonyl (C=O) groups excluding carboxylic acids is 1. The van der Waals surface area contributed by atoms with Gasteiger partial charge in [0, 0.05) is 23.7 Å². The van der Waals surface area contributed by atoms with Crippen LogP contribution in [0.25, 0.3) is 0 Å². The van der Waals surface area contributed by atoms with Gasteiger partial charge < -0.3 is 5.32 Å². The van der Waals surface area contributed by atoms with Crippen LogP contribution in [-0.2, 0) is 0 Å². The summed E-state index contributed by atoms with van der Waals surface area (Å²) < 4.78 is 0. The number of Topliss-reactive ketones (excluding diaryl/α,β-unsaturated/α-hetero) is 1. The summed E-state index contributed by atoms with van der Waals surface area (Å²) in [4.78, 5) is 11.8. The molecule has 0 saturated heterocycles. The predicted octanol–water partition coefficient (Wildman–Crippen LogP) is 2.77. The van der Waals surface area contributed by atoms with E-state index >= 15 is 0 Å². The van der Waals surface area contributed by atoms with Gasteiger partial charge >= 0.3 is 0 Å². The Hall–Kier alpha value is -1.31. The molecule has 0 aliphatic carbocycles. The number of hydrogen-bond acceptors (Lipinski definition) is 2. The van der Waals surface area contributed by atoms with Gasteiger partial charge in [-0.1, -0.05) is 11.6 Å². The van der Waals surface area contributed by atoms with Gasteiger partial charge in [-0.15, -0.1) is 0 Å². The molecule has 1 heterocycles. The average molecular weight is 189 g/mol. The molecule has 1 aliphatic heterocycles. The molecule has 0 radical (unpaired) electrons. The van der Waals surface area contributed by atoms with Gasteiger partial charge in [0.15, 0.2) is 5.78 Å². The third-order valence-corrected chi connectivity index (χ3v) is 2.68. The zero-order valence-electron chi connectivity index (χ0n) is 8.63. The maximum Gasteiger partial charge on any atom is 0.165 e. The molecule has 0 amide bonds. The fourth-order valence-corrected chi connectivity index (χ4v) is 1.83. The SMILES string of the molecule is Cc1ccc2c(c1)C(=O)CCC(C)N2. The second-order valence-electron chi connectivity index (χ2n) is 4.06. The van der Waals surface area contributed by atoms with Crippen molar-refractivity contribution in [1.82, 2.24) is 0 Å². The van der Waals surface area contributed by atoms with E-state index in [9.17, 15) is 4.79 Å². The van der Waals surface area contributed by atoms with Crippen molar-refractivity contribution in [1.29, 1.82) is 0 Å². The number of fused-ring (bicyclic) bond motifs is 1. The summed E-state index contributed by atoms with van der Waals surface area (Å²) in [7, 11) is 0. The van der Waals surface area contributed by atoms with Gasteiger partial charge in [0.05, 0.1) is 0 Å². The molecule has 1 aromatic carbocycles. The van der Waals surface area contributed by atoms with Crippen LogP contribution in [0.4, 0.5) is 5.69 Å². The first kappa shape index (κ1) is 9.25. The lowest BCUT2D eigenvalue weighted by atomic mass is 10.0. The van der Waals surface area contributed by atoms with Gasteiger partial charge in [-0.25, -0.2) is 0 Å². The van der Waals surface area contributed by atoms with E-state index in [4.69, 9.17) is 0 Å². The van der Waals surface area contributed by atoms with Crippen LogP contribution in [0.1, 0.15) is 35.7 Å². The molecular weight excluding hydrogens is 174 g/mol. The maximum atomic E-state index is 11.8. The highest BCUT2D eigenvalue weighted by molar-refractivity contribution is 6.02. The topological polar surface area (TPSA) is 29.1 Å². The molecule has 2 rings (SSSR count). The monoisotopic (exact) mass is 189 g/mol. The molecule has 0 spiro atoms. The largest absolute Gasteiger partial charge is 0.382 e. The third-order valence-electron chi connectivity index (χ3n) is 2.68. The molecule has 0 fully saturated rings. The van der Waals surface area contributed by atoms with E-state index in [2.05, 4.69) is 12.2 Å². The lowest BCUT2D eigenvalue weighted by Gasteiger charge is -2.12. The highest BCUT2D eigenvalue weighted by atomic mass is 16.1. The molecule has 1 unspecified atom stereocenters. The van der Waals surface area contributed by atoms with Gasteiger partial charge in [-0.2, -0.15) is 0 Å². The zero-order valence-corrected chi connectivity index (χ0v) is 8.63. The minimum absolute atomic E-state index is 0.264. The van der Waals surface area contributed by atoms with Gasteiger partial charge in [-0.05, 0) is 32.4 Å². The van der Waals surface area contributed by atoms with Crippen molar-refractivity contribution in [3.63, 3.8) is 0 Å². The minimum atomic E-state index is 0.264. The van der Waals surface area contributed by atoms with E-state index in [1.165, 1.54) is 0 Å². The summed E-state index contributed by atoms with van der Waals surface area (Å²) >= 11 is 0. The van der Waals surface area contributed by atoms with Crippen molar-refractivity contribution in [2.45, 2.75) is 32.7 Å². The Morgan fingerprint density at radius 3 is 3.00 bits per heavy atom. The molecule has 1 aromatic rings. The van der Waals surface area contributed by atoms with Crippen LogP contribution in [0, 0.1) is 6.92 Å². The second-order valence-corrected chi connectivity index (χ2v) is 4.06. The van der Waals surface area contributed by atoms with Crippen LogP contribution in [0.5, 0.6) is 0 Å². The number of ketones is 1. The Bertz CT molecular complexity index is 371. The smallest absolute Gasteiger partial charge is 0.165 e. The Labute approximate surface area is 84.3 Å². The number of rotatable bonds is 0. The lowest BCUT2D eigenvalue weighted by molar-refractivity contribution is 0.0982. The first-order valence-corrected chi connectivity index (χ1v) is 5.07. The van der Waals surface area contributed by atoms with Gasteiger partial charge in [0.2, 0.25) is 0 Å². The van der Waals surface area contributed by atoms with Crippen LogP contribution in [0.2, 0.25) is 0 Å². The van der Waals surface area contributed by atoms with Crippen molar-refractivity contribution >= 4 is 11.5 Å². The Balaban J connectivity index is 2.47. The molecule has 0 saturated carbocycles. The van der Waals surface area contributed by atoms with E-state index in [0.29, 0.717) is 12.5 Å². The van der Waals surface area contributed by atoms with Gasteiger partial charge in [0.25, 0.3) is 0 Å². The summed E-state index contributed by atoms with van der Waals surface area (Å²) in [5, 5.41) is 3.36. The Morgan fingerprint density at radius 2 is 2.21 bits per heavy atom. The first-order valence-electron chi connectivity index (χ1n) is 5.07. The number of nitrogens with one attached hydrogen (secondary N) is 1. The van der Waals surface area contributed by atoms with Crippen LogP contribution in [0.15, 0.2) is 18.2 Å². The molecule has 0 aromatic heterocycles. The van der Waals surface area contributed by atoms with Crippen LogP contribution >= 0.6 is 0 Å². The molecule has 1 N–H and O–H groups in total. The van der Waals surface area contributed by atoms with Crippen molar-refractivity contribution in [2.24, 2.45) is 0 Å². The van der Waals surface area contributed by atoms with E-state index in [0.717, 1.165) is 23.2 Å². The summed E-state index contributed by atoms with van der Waals surface area (Å²) in [5.41, 5.74) is 2.99. The van der Waals surface area contributed by atoms with Crippen molar-refractivity contribution in [3.8, 4) is 0 Å². The standard InChI is InChI=1S/C12H15NO/c1-8-3-5-11-10(7-8)12(14)6-4-9(2)13-11/h3,5,7,9,13H,4,6H2,1-2H3. The van der Waals surface area contributed by atoms with Crippen molar-refractivity contribution in [2.75, 3.05) is 5.32 Å². The molecular formula is C12H15NO. The first-order chi connectivity index (χ1) is 6.66. The lowest BCUT2D eigenvalue weighted by Crippen LogP contribution is -2.13. The number of hydrogen-bond donors (Lipinski definition) is 1. The predicted molar refractivity (Wildman–Crippen MR) is 57.8 cm³/mol. The quantitative estimate of drug-likeness (QED) is 0.680. The molecule has 1 atom stereocenters. The van der Waals surface area contributed by atoms with Crippen molar-refractivity contribution < 1.29 is 4.79 Å². The summed E-state index contributed by atoms with van der Waals surface area (Å²) in [6.07, 6.45) is 1.58. The van der Waals surface area contributed by atoms with Gasteiger partial charge in [-0.3, -0.25) is 4.79 Å². The zero-order chi connectivity index (χ0) is 10.1. The maximum absolute atomic E-state index is 11.8. The summed E-state index contributed by atoms with van der Waals surface area (Å²) in [6.45, 7) is 4.13.